The molecule has 0 bridgehead atoms. The summed E-state index contributed by atoms with van der Waals surface area (Å²) in [5.74, 6) is 3.25. The predicted molar refractivity (Wildman–Crippen MR) is 113 cm³/mol. The summed E-state index contributed by atoms with van der Waals surface area (Å²) >= 11 is 0. The average molecular weight is 409 g/mol. The SMILES string of the molecule is CCCC1CCC(C2CCC(/C=C(\C)c3ccc(OC(F)(F)F)cc3)CC2)CC1. The third-order valence-corrected chi connectivity index (χ3v) is 7.10. The maximum Gasteiger partial charge on any atom is 0.573 e. The normalized spacial score (nSPS) is 28.9. The molecule has 0 unspecified atom stereocenters. The molecular formula is C25H35F3O. The predicted octanol–water partition coefficient (Wildman–Crippen LogP) is 8.40. The standard InChI is InChI=1S/C25H35F3O/c1-3-4-19-5-9-22(10-6-19)23-11-7-20(8-12-23)17-18(2)21-13-15-24(16-14-21)29-25(26,27)28/h13-17,19-20,22-23H,3-12H2,1-2H3/b18-17+. The van der Waals surface area contributed by atoms with E-state index in [1.165, 1.54) is 76.3 Å². The molecule has 2 aliphatic rings. The first-order valence-corrected chi connectivity index (χ1v) is 11.4. The van der Waals surface area contributed by atoms with Crippen molar-refractivity contribution in [3.05, 3.63) is 35.9 Å². The van der Waals surface area contributed by atoms with Crippen LogP contribution < -0.4 is 4.74 Å². The first kappa shape index (κ1) is 22.2. The number of hydrogen-bond acceptors (Lipinski definition) is 1. The Morgan fingerprint density at radius 1 is 0.931 bits per heavy atom. The van der Waals surface area contributed by atoms with E-state index in [-0.39, 0.29) is 5.75 Å². The van der Waals surface area contributed by atoms with Crippen LogP contribution in [0, 0.1) is 23.7 Å². The van der Waals surface area contributed by atoms with Gasteiger partial charge in [0.2, 0.25) is 0 Å². The molecular weight excluding hydrogens is 373 g/mol. The molecule has 1 nitrogen and oxygen atoms in total. The van der Waals surface area contributed by atoms with Gasteiger partial charge in [0.1, 0.15) is 5.75 Å². The minimum Gasteiger partial charge on any atom is -0.406 e. The van der Waals surface area contributed by atoms with Crippen LogP contribution in [0.3, 0.4) is 0 Å². The van der Waals surface area contributed by atoms with Crippen molar-refractivity contribution in [1.82, 2.24) is 0 Å². The number of alkyl halides is 3. The van der Waals surface area contributed by atoms with Crippen molar-refractivity contribution >= 4 is 5.57 Å². The summed E-state index contributed by atoms with van der Waals surface area (Å²) in [5.41, 5.74) is 2.11. The number of hydrogen-bond donors (Lipinski definition) is 0. The molecule has 0 radical (unpaired) electrons. The average Bonchev–Trinajstić information content (AvgIpc) is 2.69. The lowest BCUT2D eigenvalue weighted by Gasteiger charge is -2.37. The first-order chi connectivity index (χ1) is 13.8. The number of allylic oxidation sites excluding steroid dienone is 2. The van der Waals surface area contributed by atoms with Crippen LogP contribution >= 0.6 is 0 Å². The summed E-state index contributed by atoms with van der Waals surface area (Å²) in [4.78, 5) is 0. The molecule has 4 heteroatoms. The Labute approximate surface area is 173 Å². The fourth-order valence-corrected chi connectivity index (χ4v) is 5.51. The Bertz CT molecular complexity index is 646. The van der Waals surface area contributed by atoms with Gasteiger partial charge in [-0.15, -0.1) is 13.2 Å². The molecule has 2 saturated carbocycles. The minimum absolute atomic E-state index is 0.164. The number of halogens is 3. The van der Waals surface area contributed by atoms with Crippen molar-refractivity contribution in [3.8, 4) is 5.75 Å². The highest BCUT2D eigenvalue weighted by Crippen LogP contribution is 2.42. The maximum atomic E-state index is 12.3. The van der Waals surface area contributed by atoms with Crippen LogP contribution in [0.2, 0.25) is 0 Å². The zero-order chi connectivity index (χ0) is 20.9. The highest BCUT2D eigenvalue weighted by molar-refractivity contribution is 5.64. The summed E-state index contributed by atoms with van der Waals surface area (Å²) in [7, 11) is 0. The summed E-state index contributed by atoms with van der Waals surface area (Å²) < 4.78 is 40.8. The van der Waals surface area contributed by atoms with Crippen molar-refractivity contribution < 1.29 is 17.9 Å². The zero-order valence-electron chi connectivity index (χ0n) is 17.8. The third kappa shape index (κ3) is 6.79. The molecule has 1 aromatic carbocycles. The van der Waals surface area contributed by atoms with E-state index in [1.54, 1.807) is 12.1 Å². The summed E-state index contributed by atoms with van der Waals surface area (Å²) in [6, 6.07) is 6.22. The Balaban J connectivity index is 1.47. The molecule has 0 amide bonds. The van der Waals surface area contributed by atoms with Crippen LogP contribution in [-0.2, 0) is 0 Å². The van der Waals surface area contributed by atoms with E-state index in [9.17, 15) is 13.2 Å². The monoisotopic (exact) mass is 408 g/mol. The molecule has 1 aromatic rings. The van der Waals surface area contributed by atoms with Gasteiger partial charge in [-0.1, -0.05) is 50.8 Å². The Morgan fingerprint density at radius 2 is 1.48 bits per heavy atom. The van der Waals surface area contributed by atoms with Crippen molar-refractivity contribution in [2.75, 3.05) is 0 Å². The molecule has 0 atom stereocenters. The molecule has 2 aliphatic carbocycles. The summed E-state index contributed by atoms with van der Waals surface area (Å²) in [6.07, 6.45) is 11.3. The molecule has 3 rings (SSSR count). The van der Waals surface area contributed by atoms with Gasteiger partial charge in [0.25, 0.3) is 0 Å². The second-order valence-corrected chi connectivity index (χ2v) is 9.17. The van der Waals surface area contributed by atoms with Gasteiger partial charge in [-0.25, -0.2) is 0 Å². The molecule has 0 aromatic heterocycles. The fourth-order valence-electron chi connectivity index (χ4n) is 5.51. The topological polar surface area (TPSA) is 9.23 Å². The molecule has 0 aliphatic heterocycles. The lowest BCUT2D eigenvalue weighted by molar-refractivity contribution is -0.274. The summed E-state index contributed by atoms with van der Waals surface area (Å²) in [6.45, 7) is 4.36. The van der Waals surface area contributed by atoms with Crippen molar-refractivity contribution in [1.29, 1.82) is 0 Å². The molecule has 162 valence electrons. The Hall–Kier alpha value is -1.45. The quantitative estimate of drug-likeness (QED) is 0.459. The van der Waals surface area contributed by atoms with Gasteiger partial charge in [0.15, 0.2) is 0 Å². The number of rotatable bonds is 6. The van der Waals surface area contributed by atoms with Crippen molar-refractivity contribution in [2.24, 2.45) is 23.7 Å². The van der Waals surface area contributed by atoms with Gasteiger partial charge in [0.05, 0.1) is 0 Å². The van der Waals surface area contributed by atoms with E-state index in [4.69, 9.17) is 0 Å². The molecule has 0 N–H and O–H groups in total. The smallest absolute Gasteiger partial charge is 0.406 e. The molecule has 0 heterocycles. The lowest BCUT2D eigenvalue weighted by Crippen LogP contribution is -2.25. The molecule has 29 heavy (non-hydrogen) atoms. The highest BCUT2D eigenvalue weighted by atomic mass is 19.4. The Kier molecular flexibility index (Phi) is 7.70. The van der Waals surface area contributed by atoms with Gasteiger partial charge < -0.3 is 4.74 Å². The van der Waals surface area contributed by atoms with Crippen LogP contribution in [0.5, 0.6) is 5.75 Å². The van der Waals surface area contributed by atoms with Gasteiger partial charge in [-0.2, -0.15) is 0 Å². The van der Waals surface area contributed by atoms with E-state index >= 15 is 0 Å². The van der Waals surface area contributed by atoms with E-state index < -0.39 is 6.36 Å². The second-order valence-electron chi connectivity index (χ2n) is 9.17. The second kappa shape index (κ2) is 10.0. The van der Waals surface area contributed by atoms with Crippen LogP contribution in [0.1, 0.15) is 83.6 Å². The van der Waals surface area contributed by atoms with Crippen LogP contribution in [0.25, 0.3) is 5.57 Å². The lowest BCUT2D eigenvalue weighted by atomic mass is 9.68. The first-order valence-electron chi connectivity index (χ1n) is 11.4. The van der Waals surface area contributed by atoms with E-state index in [1.807, 2.05) is 0 Å². The molecule has 0 saturated heterocycles. The fraction of sp³-hybridized carbons (Fsp3) is 0.680. The van der Waals surface area contributed by atoms with E-state index in [2.05, 4.69) is 24.7 Å². The van der Waals surface area contributed by atoms with Gasteiger partial charge in [-0.3, -0.25) is 0 Å². The zero-order valence-corrected chi connectivity index (χ0v) is 17.8. The van der Waals surface area contributed by atoms with E-state index in [0.717, 1.165) is 28.9 Å². The Morgan fingerprint density at radius 3 is 2.00 bits per heavy atom. The maximum absolute atomic E-state index is 12.3. The molecule has 0 spiro atoms. The van der Waals surface area contributed by atoms with Gasteiger partial charge in [0, 0.05) is 0 Å². The van der Waals surface area contributed by atoms with Gasteiger partial charge in [-0.05, 0) is 92.4 Å². The van der Waals surface area contributed by atoms with Crippen molar-refractivity contribution in [3.63, 3.8) is 0 Å². The van der Waals surface area contributed by atoms with Gasteiger partial charge >= 0.3 is 6.36 Å². The number of ether oxygens (including phenoxy) is 1. The number of benzene rings is 1. The van der Waals surface area contributed by atoms with Crippen LogP contribution in [0.15, 0.2) is 30.3 Å². The van der Waals surface area contributed by atoms with E-state index in [0.29, 0.717) is 5.92 Å². The third-order valence-electron chi connectivity index (χ3n) is 7.10. The van der Waals surface area contributed by atoms with Crippen molar-refractivity contribution in [2.45, 2.75) is 84.4 Å². The summed E-state index contributed by atoms with van der Waals surface area (Å²) in [5, 5.41) is 0. The molecule has 2 fully saturated rings. The van der Waals surface area contributed by atoms with Crippen LogP contribution in [-0.4, -0.2) is 6.36 Å². The van der Waals surface area contributed by atoms with Crippen LogP contribution in [0.4, 0.5) is 13.2 Å². The minimum atomic E-state index is -4.64. The largest absolute Gasteiger partial charge is 0.573 e. The highest BCUT2D eigenvalue weighted by Gasteiger charge is 2.31.